The molecule has 4 aromatic rings. The van der Waals surface area contributed by atoms with Crippen LogP contribution in [0.5, 0.6) is 0 Å². The standard InChI is InChI=1S/C28H30N6O4S/c1-18-7-8-20(24(15-27(35)36)21-9-12-33-19(2)30-31-26(33)14-21)13-22(18)16-32-17-23-5-4-11-34(23)28-25(39(32,37)38)6-3-10-29-28/h3,6-10,12-14,23-24H,4-5,11,15-17H2,1-2H3,(H,35,36)/t23-,24-/m1/s1. The molecule has 0 amide bonds. The average molecular weight is 547 g/mol. The second-order valence-corrected chi connectivity index (χ2v) is 12.3. The quantitative estimate of drug-likeness (QED) is 0.390. The molecule has 0 saturated carbocycles. The van der Waals surface area contributed by atoms with Gasteiger partial charge in [-0.2, -0.15) is 4.31 Å². The molecule has 10 nitrogen and oxygen atoms in total. The number of hydrogen-bond acceptors (Lipinski definition) is 7. The number of nitrogens with zero attached hydrogens (tertiary/aromatic N) is 6. The van der Waals surface area contributed by atoms with Crippen molar-refractivity contribution < 1.29 is 18.3 Å². The zero-order valence-corrected chi connectivity index (χ0v) is 22.7. The summed E-state index contributed by atoms with van der Waals surface area (Å²) in [6.07, 6.45) is 5.30. The molecule has 3 aromatic heterocycles. The summed E-state index contributed by atoms with van der Waals surface area (Å²) in [7, 11) is -3.79. The van der Waals surface area contributed by atoms with E-state index in [2.05, 4.69) is 20.1 Å². The minimum Gasteiger partial charge on any atom is -0.481 e. The molecule has 2 aliphatic rings. The average Bonchev–Trinajstić information content (AvgIpc) is 3.52. The monoisotopic (exact) mass is 546 g/mol. The van der Waals surface area contributed by atoms with E-state index in [1.165, 1.54) is 0 Å². The Kier molecular flexibility index (Phi) is 6.35. The van der Waals surface area contributed by atoms with Crippen LogP contribution in [0.15, 0.2) is 59.8 Å². The number of carboxylic acids is 1. The van der Waals surface area contributed by atoms with Crippen LogP contribution >= 0.6 is 0 Å². The molecular formula is C28H30N6O4S. The summed E-state index contributed by atoms with van der Waals surface area (Å²) in [5, 5.41) is 18.1. The van der Waals surface area contributed by atoms with Gasteiger partial charge in [-0.1, -0.05) is 18.2 Å². The van der Waals surface area contributed by atoms with Crippen molar-refractivity contribution in [3.05, 3.63) is 82.9 Å². The Morgan fingerprint density at radius 2 is 1.95 bits per heavy atom. The van der Waals surface area contributed by atoms with Crippen LogP contribution < -0.4 is 4.90 Å². The maximum Gasteiger partial charge on any atom is 0.304 e. The summed E-state index contributed by atoms with van der Waals surface area (Å²) in [4.78, 5) is 18.7. The molecule has 0 bridgehead atoms. The predicted molar refractivity (Wildman–Crippen MR) is 145 cm³/mol. The van der Waals surface area contributed by atoms with Crippen molar-refractivity contribution in [1.82, 2.24) is 23.9 Å². The first-order chi connectivity index (χ1) is 18.7. The Bertz CT molecular complexity index is 1680. The summed E-state index contributed by atoms with van der Waals surface area (Å²) >= 11 is 0. The highest BCUT2D eigenvalue weighted by Gasteiger charge is 2.40. The lowest BCUT2D eigenvalue weighted by atomic mass is 9.87. The Morgan fingerprint density at radius 1 is 1.13 bits per heavy atom. The van der Waals surface area contributed by atoms with Gasteiger partial charge in [-0.25, -0.2) is 13.4 Å². The Labute approximate surface area is 227 Å². The fourth-order valence-electron chi connectivity index (χ4n) is 5.84. The van der Waals surface area contributed by atoms with Gasteiger partial charge in [-0.15, -0.1) is 10.2 Å². The fraction of sp³-hybridized carbons (Fsp3) is 0.357. The second kappa shape index (κ2) is 9.73. The van der Waals surface area contributed by atoms with Crippen LogP contribution in [0, 0.1) is 13.8 Å². The zero-order valence-electron chi connectivity index (χ0n) is 21.9. The number of carboxylic acid groups (broad SMARTS) is 1. The molecule has 202 valence electrons. The SMILES string of the molecule is Cc1ccc([C@@H](CC(=O)O)c2ccn3c(C)nnc3c2)cc1CN1C[C@H]2CCCN2c2ncccc2S1(=O)=O. The lowest BCUT2D eigenvalue weighted by Crippen LogP contribution is -2.39. The molecule has 5 heterocycles. The summed E-state index contributed by atoms with van der Waals surface area (Å²) in [6, 6.07) is 13.0. The molecule has 11 heteroatoms. The first kappa shape index (κ1) is 25.4. The molecule has 39 heavy (non-hydrogen) atoms. The van der Waals surface area contributed by atoms with E-state index in [1.54, 1.807) is 22.6 Å². The van der Waals surface area contributed by atoms with E-state index in [-0.39, 0.29) is 23.9 Å². The highest BCUT2D eigenvalue weighted by molar-refractivity contribution is 7.89. The van der Waals surface area contributed by atoms with Crippen LogP contribution in [0.2, 0.25) is 0 Å². The van der Waals surface area contributed by atoms with Gasteiger partial charge >= 0.3 is 5.97 Å². The number of anilines is 1. The van der Waals surface area contributed by atoms with Crippen LogP contribution in [0.3, 0.4) is 0 Å². The van der Waals surface area contributed by atoms with Crippen LogP contribution in [0.25, 0.3) is 5.65 Å². The van der Waals surface area contributed by atoms with Gasteiger partial charge in [0.25, 0.3) is 0 Å². The van der Waals surface area contributed by atoms with Gasteiger partial charge in [-0.3, -0.25) is 9.20 Å². The van der Waals surface area contributed by atoms with Crippen molar-refractivity contribution >= 4 is 27.5 Å². The molecule has 1 saturated heterocycles. The number of aromatic nitrogens is 4. The number of rotatable bonds is 6. The molecule has 1 aromatic carbocycles. The number of carbonyl (C=O) groups is 1. The van der Waals surface area contributed by atoms with Crippen LogP contribution in [0.4, 0.5) is 5.82 Å². The molecule has 2 atom stereocenters. The summed E-state index contributed by atoms with van der Waals surface area (Å²) in [5.74, 6) is -0.0613. The van der Waals surface area contributed by atoms with E-state index in [0.717, 1.165) is 47.5 Å². The Balaban J connectivity index is 1.38. The van der Waals surface area contributed by atoms with E-state index in [9.17, 15) is 18.3 Å². The van der Waals surface area contributed by atoms with Crippen molar-refractivity contribution in [2.75, 3.05) is 18.0 Å². The number of benzene rings is 1. The third-order valence-electron chi connectivity index (χ3n) is 7.94. The maximum absolute atomic E-state index is 13.8. The van der Waals surface area contributed by atoms with Gasteiger partial charge in [-0.05, 0) is 73.2 Å². The largest absolute Gasteiger partial charge is 0.481 e. The smallest absolute Gasteiger partial charge is 0.304 e. The molecule has 1 fully saturated rings. The first-order valence-electron chi connectivity index (χ1n) is 13.1. The van der Waals surface area contributed by atoms with Gasteiger partial charge in [0.05, 0.1) is 6.42 Å². The van der Waals surface area contributed by atoms with E-state index < -0.39 is 21.9 Å². The van der Waals surface area contributed by atoms with Crippen LogP contribution in [-0.2, 0) is 21.4 Å². The number of fused-ring (bicyclic) bond motifs is 4. The molecule has 1 N–H and O–H groups in total. The lowest BCUT2D eigenvalue weighted by molar-refractivity contribution is -0.137. The van der Waals surface area contributed by atoms with Gasteiger partial charge in [0.1, 0.15) is 16.5 Å². The topological polar surface area (TPSA) is 121 Å². The van der Waals surface area contributed by atoms with Crippen molar-refractivity contribution in [3.8, 4) is 0 Å². The minimum absolute atomic E-state index is 0.0671. The molecule has 6 rings (SSSR count). The van der Waals surface area contributed by atoms with Crippen molar-refractivity contribution in [2.45, 2.75) is 56.5 Å². The fourth-order valence-corrected chi connectivity index (χ4v) is 7.45. The number of hydrogen-bond donors (Lipinski definition) is 1. The van der Waals surface area contributed by atoms with Crippen LogP contribution in [0.1, 0.15) is 53.3 Å². The molecular weight excluding hydrogens is 516 g/mol. The lowest BCUT2D eigenvalue weighted by Gasteiger charge is -2.26. The third-order valence-corrected chi connectivity index (χ3v) is 9.77. The number of pyridine rings is 2. The van der Waals surface area contributed by atoms with Crippen molar-refractivity contribution in [3.63, 3.8) is 0 Å². The number of aliphatic carboxylic acids is 1. The summed E-state index contributed by atoms with van der Waals surface area (Å²) < 4.78 is 31.1. The van der Waals surface area contributed by atoms with Crippen LogP contribution in [-0.4, -0.2) is 62.5 Å². The minimum atomic E-state index is -3.79. The predicted octanol–water partition coefficient (Wildman–Crippen LogP) is 3.52. The molecule has 0 unspecified atom stereocenters. The molecule has 0 spiro atoms. The maximum atomic E-state index is 13.8. The zero-order chi connectivity index (χ0) is 27.3. The van der Waals surface area contributed by atoms with E-state index in [0.29, 0.717) is 18.0 Å². The molecule has 0 radical (unpaired) electrons. The number of sulfonamides is 1. The second-order valence-electron chi connectivity index (χ2n) is 10.4. The van der Waals surface area contributed by atoms with Gasteiger partial charge in [0.2, 0.25) is 10.0 Å². The van der Waals surface area contributed by atoms with Gasteiger partial charge < -0.3 is 10.0 Å². The van der Waals surface area contributed by atoms with E-state index >= 15 is 0 Å². The highest BCUT2D eigenvalue weighted by Crippen LogP contribution is 2.37. The first-order valence-corrected chi connectivity index (χ1v) is 14.5. The van der Waals surface area contributed by atoms with E-state index in [4.69, 9.17) is 0 Å². The summed E-state index contributed by atoms with van der Waals surface area (Å²) in [5.41, 5.74) is 4.08. The molecule has 0 aliphatic carbocycles. The Hall–Kier alpha value is -3.83. The van der Waals surface area contributed by atoms with Crippen molar-refractivity contribution in [2.24, 2.45) is 0 Å². The van der Waals surface area contributed by atoms with Gasteiger partial charge in [0.15, 0.2) is 5.65 Å². The molecule has 2 aliphatic heterocycles. The Morgan fingerprint density at radius 3 is 2.77 bits per heavy atom. The van der Waals surface area contributed by atoms with Gasteiger partial charge in [0, 0.05) is 44.0 Å². The van der Waals surface area contributed by atoms with Crippen molar-refractivity contribution in [1.29, 1.82) is 0 Å². The highest BCUT2D eigenvalue weighted by atomic mass is 32.2. The number of aryl methyl sites for hydroxylation is 2. The normalized spacial score (nSPS) is 19.4. The summed E-state index contributed by atoms with van der Waals surface area (Å²) in [6.45, 7) is 5.18. The third kappa shape index (κ3) is 4.55. The van der Waals surface area contributed by atoms with E-state index in [1.807, 2.05) is 54.8 Å².